The molecule has 1 amide bonds. The number of hydrogen-bond acceptors (Lipinski definition) is 7. The maximum Gasteiger partial charge on any atom is 0.244 e. The SMILES string of the molecule is CC(C)Oc1ccc(Cn2nnnc2C2N3C(=O)C(NC(c4ccccc4)(c4ccccc4)c4ccccc4)[C@@H]3SC2(C)C)cc1. The number of thioether (sulfide) groups is 1. The Labute approximate surface area is 274 Å². The Kier molecular flexibility index (Phi) is 7.90. The van der Waals surface area contributed by atoms with E-state index in [1.807, 2.05) is 65.9 Å². The molecule has 0 aliphatic carbocycles. The van der Waals surface area contributed by atoms with Crippen molar-refractivity contribution in [3.8, 4) is 5.75 Å². The van der Waals surface area contributed by atoms with Crippen molar-refractivity contribution in [2.75, 3.05) is 0 Å². The number of ether oxygens (including phenoxy) is 1. The molecule has 2 saturated heterocycles. The van der Waals surface area contributed by atoms with E-state index >= 15 is 0 Å². The quantitative estimate of drug-likeness (QED) is 0.145. The molecule has 0 radical (unpaired) electrons. The van der Waals surface area contributed by atoms with E-state index in [-0.39, 0.29) is 28.2 Å². The summed E-state index contributed by atoms with van der Waals surface area (Å²) in [5, 5.41) is 16.8. The van der Waals surface area contributed by atoms with Gasteiger partial charge in [-0.3, -0.25) is 10.1 Å². The van der Waals surface area contributed by atoms with E-state index in [0.29, 0.717) is 12.4 Å². The molecule has 2 unspecified atom stereocenters. The van der Waals surface area contributed by atoms with Crippen LogP contribution in [0.4, 0.5) is 0 Å². The Bertz CT molecular complexity index is 1700. The van der Waals surface area contributed by atoms with Crippen LogP contribution < -0.4 is 10.1 Å². The summed E-state index contributed by atoms with van der Waals surface area (Å²) in [4.78, 5) is 16.3. The number of nitrogens with one attached hydrogen (secondary N) is 1. The van der Waals surface area contributed by atoms with Crippen LogP contribution in [0.15, 0.2) is 115 Å². The summed E-state index contributed by atoms with van der Waals surface area (Å²) < 4.78 is 7.31. The number of hydrogen-bond donors (Lipinski definition) is 1. The first-order chi connectivity index (χ1) is 22.3. The lowest BCUT2D eigenvalue weighted by Crippen LogP contribution is -2.70. The van der Waals surface area contributed by atoms with Gasteiger partial charge in [0.15, 0.2) is 5.82 Å². The largest absolute Gasteiger partial charge is 0.491 e. The van der Waals surface area contributed by atoms with Crippen LogP contribution in [0.3, 0.4) is 0 Å². The van der Waals surface area contributed by atoms with E-state index < -0.39 is 11.6 Å². The maximum atomic E-state index is 14.4. The van der Waals surface area contributed by atoms with E-state index in [4.69, 9.17) is 4.74 Å². The van der Waals surface area contributed by atoms with Crippen molar-refractivity contribution < 1.29 is 9.53 Å². The highest BCUT2D eigenvalue weighted by Gasteiger charge is 2.64. The number of rotatable bonds is 10. The van der Waals surface area contributed by atoms with Gasteiger partial charge >= 0.3 is 0 Å². The summed E-state index contributed by atoms with van der Waals surface area (Å²) in [6.07, 6.45) is 0.109. The van der Waals surface area contributed by atoms with E-state index in [2.05, 4.69) is 107 Å². The Morgan fingerprint density at radius 1 is 0.848 bits per heavy atom. The number of nitrogens with zero attached hydrogens (tertiary/aromatic N) is 5. The van der Waals surface area contributed by atoms with Gasteiger partial charge in [0.1, 0.15) is 23.2 Å². The van der Waals surface area contributed by atoms with Crippen molar-refractivity contribution >= 4 is 17.7 Å². The first-order valence-electron chi connectivity index (χ1n) is 15.7. The van der Waals surface area contributed by atoms with Crippen LogP contribution in [0, 0.1) is 0 Å². The van der Waals surface area contributed by atoms with Gasteiger partial charge in [-0.25, -0.2) is 4.68 Å². The summed E-state index contributed by atoms with van der Waals surface area (Å²) >= 11 is 1.80. The minimum atomic E-state index is -0.744. The molecule has 0 saturated carbocycles. The van der Waals surface area contributed by atoms with Gasteiger partial charge in [-0.2, -0.15) is 0 Å². The zero-order valence-corrected chi connectivity index (χ0v) is 27.3. The number of β-lactam (4-membered cyclic amide) rings is 1. The van der Waals surface area contributed by atoms with Crippen molar-refractivity contribution in [2.24, 2.45) is 0 Å². The van der Waals surface area contributed by atoms with Gasteiger partial charge in [0.05, 0.1) is 18.2 Å². The second kappa shape index (κ2) is 12.0. The lowest BCUT2D eigenvalue weighted by molar-refractivity contribution is -0.150. The third kappa shape index (κ3) is 5.27. The third-order valence-electron chi connectivity index (χ3n) is 8.87. The molecule has 3 heterocycles. The van der Waals surface area contributed by atoms with Gasteiger partial charge in [-0.15, -0.1) is 16.9 Å². The van der Waals surface area contributed by atoms with Gasteiger partial charge in [0.25, 0.3) is 0 Å². The molecule has 46 heavy (non-hydrogen) atoms. The van der Waals surface area contributed by atoms with Crippen molar-refractivity contribution in [3.05, 3.63) is 143 Å². The molecule has 5 aromatic rings. The van der Waals surface area contributed by atoms with Crippen LogP contribution in [-0.2, 0) is 16.9 Å². The van der Waals surface area contributed by atoms with Gasteiger partial charge in [-0.1, -0.05) is 103 Å². The Hall–Kier alpha value is -4.47. The van der Waals surface area contributed by atoms with Crippen molar-refractivity contribution in [1.82, 2.24) is 30.4 Å². The van der Waals surface area contributed by atoms with Crippen LogP contribution >= 0.6 is 11.8 Å². The van der Waals surface area contributed by atoms with E-state index in [1.54, 1.807) is 11.8 Å². The van der Waals surface area contributed by atoms with Crippen LogP contribution in [0.2, 0.25) is 0 Å². The second-order valence-electron chi connectivity index (χ2n) is 12.7. The molecule has 9 heteroatoms. The molecule has 2 aliphatic heterocycles. The molecule has 8 nitrogen and oxygen atoms in total. The van der Waals surface area contributed by atoms with Gasteiger partial charge in [-0.05, 0) is 72.5 Å². The fraction of sp³-hybridized carbons (Fsp3) is 0.297. The minimum absolute atomic E-state index is 0.0463. The predicted molar refractivity (Wildman–Crippen MR) is 180 cm³/mol. The van der Waals surface area contributed by atoms with Crippen LogP contribution in [-0.4, -0.2) is 53.3 Å². The number of benzene rings is 4. The molecule has 1 aromatic heterocycles. The summed E-state index contributed by atoms with van der Waals surface area (Å²) in [5.41, 5.74) is 3.53. The predicted octanol–water partition coefficient (Wildman–Crippen LogP) is 6.19. The first kappa shape index (κ1) is 30.2. The molecule has 2 aliphatic rings. The smallest absolute Gasteiger partial charge is 0.244 e. The highest BCUT2D eigenvalue weighted by atomic mass is 32.2. The Morgan fingerprint density at radius 3 is 1.91 bits per heavy atom. The molecule has 7 rings (SSSR count). The highest BCUT2D eigenvalue weighted by molar-refractivity contribution is 8.01. The van der Waals surface area contributed by atoms with Gasteiger partial charge in [0.2, 0.25) is 5.91 Å². The number of fused-ring (bicyclic) bond motifs is 1. The average molecular weight is 631 g/mol. The van der Waals surface area contributed by atoms with E-state index in [9.17, 15) is 4.79 Å². The average Bonchev–Trinajstić information content (AvgIpc) is 3.62. The molecule has 2 fully saturated rings. The zero-order chi connectivity index (χ0) is 31.9. The fourth-order valence-corrected chi connectivity index (χ4v) is 8.48. The lowest BCUT2D eigenvalue weighted by Gasteiger charge is -2.49. The molecule has 0 bridgehead atoms. The lowest BCUT2D eigenvalue weighted by atomic mass is 9.76. The number of carbonyl (C=O) groups excluding carboxylic acids is 1. The Balaban J connectivity index is 1.21. The maximum absolute atomic E-state index is 14.4. The number of tetrazole rings is 1. The van der Waals surface area contributed by atoms with Crippen molar-refractivity contribution in [3.63, 3.8) is 0 Å². The molecule has 0 spiro atoms. The summed E-state index contributed by atoms with van der Waals surface area (Å²) in [7, 11) is 0. The topological polar surface area (TPSA) is 85.2 Å². The number of aromatic nitrogens is 4. The number of carbonyl (C=O) groups is 1. The Morgan fingerprint density at radius 2 is 1.39 bits per heavy atom. The molecule has 1 N–H and O–H groups in total. The second-order valence-corrected chi connectivity index (χ2v) is 14.5. The first-order valence-corrected chi connectivity index (χ1v) is 16.6. The van der Waals surface area contributed by atoms with E-state index in [0.717, 1.165) is 28.0 Å². The molecular weight excluding hydrogens is 593 g/mol. The normalized spacial score (nSPS) is 20.4. The van der Waals surface area contributed by atoms with Gasteiger partial charge in [0, 0.05) is 4.75 Å². The standard InChI is InChI=1S/C37H38N6O2S/c1-25(2)45-30-22-20-26(21-23-30)24-42-33(39-40-41-42)32-36(3,4)46-35-31(34(44)43(32)35)38-37(27-14-8-5-9-15-27,28-16-10-6-11-17-28)29-18-12-7-13-19-29/h5-23,25,31-32,35,38H,24H2,1-4H3/t31?,32?,35-/m0/s1. The molecule has 3 atom stereocenters. The highest BCUT2D eigenvalue weighted by Crippen LogP contribution is 2.57. The van der Waals surface area contributed by atoms with Gasteiger partial charge < -0.3 is 9.64 Å². The van der Waals surface area contributed by atoms with Crippen molar-refractivity contribution in [2.45, 2.75) is 68.1 Å². The molecule has 234 valence electrons. The molecule has 4 aromatic carbocycles. The third-order valence-corrected chi connectivity index (χ3v) is 10.4. The minimum Gasteiger partial charge on any atom is -0.491 e. The monoisotopic (exact) mass is 630 g/mol. The summed E-state index contributed by atoms with van der Waals surface area (Å²) in [5.74, 6) is 1.56. The summed E-state index contributed by atoms with van der Waals surface area (Å²) in [6.45, 7) is 8.88. The summed E-state index contributed by atoms with van der Waals surface area (Å²) in [6, 6.07) is 38.5. The number of amides is 1. The van der Waals surface area contributed by atoms with Crippen LogP contribution in [0.25, 0.3) is 0 Å². The fourth-order valence-electron chi connectivity index (χ4n) is 6.85. The zero-order valence-electron chi connectivity index (χ0n) is 26.4. The van der Waals surface area contributed by atoms with Crippen molar-refractivity contribution in [1.29, 1.82) is 0 Å². The van der Waals surface area contributed by atoms with Crippen LogP contribution in [0.1, 0.15) is 61.8 Å². The van der Waals surface area contributed by atoms with Crippen LogP contribution in [0.5, 0.6) is 5.75 Å². The van der Waals surface area contributed by atoms with E-state index in [1.165, 1.54) is 0 Å². The molecular formula is C37H38N6O2S.